The van der Waals surface area contributed by atoms with Gasteiger partial charge >= 0.3 is 0 Å². The van der Waals surface area contributed by atoms with Gasteiger partial charge in [0.15, 0.2) is 11.6 Å². The van der Waals surface area contributed by atoms with E-state index in [1.54, 1.807) is 0 Å². The molecule has 0 spiro atoms. The van der Waals surface area contributed by atoms with Gasteiger partial charge in [0.25, 0.3) is 0 Å². The van der Waals surface area contributed by atoms with Gasteiger partial charge in [0.2, 0.25) is 5.95 Å². The molecule has 8 heteroatoms. The molecule has 0 fully saturated rings. The second kappa shape index (κ2) is 28.1. The second-order valence-corrected chi connectivity index (χ2v) is 38.6. The summed E-state index contributed by atoms with van der Waals surface area (Å²) in [6, 6.07) is 154. The van der Waals surface area contributed by atoms with Crippen LogP contribution in [0.5, 0.6) is 0 Å². The number of para-hydroxylation sites is 4. The van der Waals surface area contributed by atoms with Gasteiger partial charge in [-0.25, -0.2) is 4.98 Å². The lowest BCUT2D eigenvalue weighted by Gasteiger charge is -2.22. The van der Waals surface area contributed by atoms with Crippen molar-refractivity contribution in [2.45, 2.75) is 57.8 Å². The second-order valence-electron chi connectivity index (χ2n) is 38.6. The highest BCUT2D eigenvalue weighted by Crippen LogP contribution is 2.55. The fraction of sp³-hybridized carbons (Fsp3) is 0.0714. The number of aromatic nitrogens is 8. The van der Waals surface area contributed by atoms with Crippen LogP contribution in [0.1, 0.15) is 74.9 Å². The van der Waals surface area contributed by atoms with Crippen LogP contribution in [0, 0.1) is 0 Å². The van der Waals surface area contributed by atoms with E-state index in [2.05, 4.69) is 459 Å². The van der Waals surface area contributed by atoms with Crippen molar-refractivity contribution < 1.29 is 0 Å². The van der Waals surface area contributed by atoms with Crippen LogP contribution in [0.4, 0.5) is 0 Å². The molecule has 8 nitrogen and oxygen atoms in total. The van der Waals surface area contributed by atoms with Gasteiger partial charge in [0, 0.05) is 104 Å². The van der Waals surface area contributed by atoms with Crippen LogP contribution < -0.4 is 0 Å². The summed E-state index contributed by atoms with van der Waals surface area (Å²) in [6.07, 6.45) is 0. The number of fused-ring (bicyclic) bond motifs is 24. The third-order valence-electron chi connectivity index (χ3n) is 30.4. The molecule has 28 rings (SSSR count). The van der Waals surface area contributed by atoms with Crippen molar-refractivity contribution in [2.24, 2.45) is 0 Å². The minimum Gasteiger partial charge on any atom is -0.309 e. The maximum absolute atomic E-state index is 5.49. The lowest BCUT2D eigenvalue weighted by molar-refractivity contribution is 0.660. The van der Waals surface area contributed by atoms with Crippen LogP contribution in [0.15, 0.2) is 413 Å². The Balaban J connectivity index is 0.544. The molecular formula is C126H86N8. The predicted octanol–water partition coefficient (Wildman–Crippen LogP) is 32.3. The highest BCUT2D eigenvalue weighted by atomic mass is 15.2. The zero-order chi connectivity index (χ0) is 88.9. The predicted molar refractivity (Wildman–Crippen MR) is 557 cm³/mol. The van der Waals surface area contributed by atoms with Crippen LogP contribution >= 0.6 is 0 Å². The van der Waals surface area contributed by atoms with Gasteiger partial charge < -0.3 is 18.3 Å². The van der Waals surface area contributed by atoms with Gasteiger partial charge in [-0.1, -0.05) is 308 Å². The fourth-order valence-electron chi connectivity index (χ4n) is 23.8. The van der Waals surface area contributed by atoms with E-state index in [1.165, 1.54) is 160 Å². The van der Waals surface area contributed by atoms with Gasteiger partial charge in [0.05, 0.1) is 55.2 Å². The monoisotopic (exact) mass is 1710 g/mol. The molecule has 6 aromatic heterocycles. The number of nitrogens with zero attached hydrogens (tertiary/aromatic N) is 8. The Morgan fingerprint density at radius 2 is 0.403 bits per heavy atom. The van der Waals surface area contributed by atoms with Gasteiger partial charge in [0.1, 0.15) is 0 Å². The largest absolute Gasteiger partial charge is 0.309 e. The lowest BCUT2D eigenvalue weighted by atomic mass is 9.82. The first kappa shape index (κ1) is 76.1. The summed E-state index contributed by atoms with van der Waals surface area (Å²) in [6.45, 7) is 14.2. The van der Waals surface area contributed by atoms with E-state index in [-0.39, 0.29) is 16.2 Å². The van der Waals surface area contributed by atoms with Gasteiger partial charge in [-0.2, -0.15) is 9.97 Å². The quantitative estimate of drug-likeness (QED) is 0.130. The fourth-order valence-corrected chi connectivity index (χ4v) is 23.8. The van der Waals surface area contributed by atoms with Crippen LogP contribution in [0.2, 0.25) is 0 Å². The summed E-state index contributed by atoms with van der Waals surface area (Å²) in [5, 5.41) is 11.9. The Bertz CT molecular complexity index is 9140. The van der Waals surface area contributed by atoms with Crippen molar-refractivity contribution in [3.63, 3.8) is 0 Å². The molecule has 0 saturated heterocycles. The Hall–Kier alpha value is -16.8. The van der Waals surface area contributed by atoms with E-state index in [0.717, 1.165) is 94.2 Å². The first-order chi connectivity index (χ1) is 65.7. The first-order valence-electron chi connectivity index (χ1n) is 46.7. The Labute approximate surface area is 774 Å². The molecule has 25 aromatic rings. The molecule has 630 valence electrons. The van der Waals surface area contributed by atoms with Crippen molar-refractivity contribution in [3.05, 3.63) is 446 Å². The van der Waals surface area contributed by atoms with Gasteiger partial charge in [-0.05, 0) is 257 Å². The van der Waals surface area contributed by atoms with Crippen LogP contribution in [-0.4, -0.2) is 37.8 Å². The molecule has 19 aromatic carbocycles. The zero-order valence-electron chi connectivity index (χ0n) is 74.8. The molecular weight excluding hydrogens is 1630 g/mol. The molecule has 0 unspecified atom stereocenters. The summed E-state index contributed by atoms with van der Waals surface area (Å²) in [5.41, 5.74) is 42.5. The van der Waals surface area contributed by atoms with Crippen LogP contribution in [-0.2, 0) is 16.2 Å². The topological polar surface area (TPSA) is 63.3 Å². The first-order valence-corrected chi connectivity index (χ1v) is 46.7. The minimum absolute atomic E-state index is 0.119. The minimum atomic E-state index is -0.132. The molecule has 0 radical (unpaired) electrons. The smallest absolute Gasteiger partial charge is 0.238 e. The van der Waals surface area contributed by atoms with Crippen molar-refractivity contribution >= 4 is 109 Å². The van der Waals surface area contributed by atoms with E-state index in [0.29, 0.717) is 17.6 Å². The molecule has 0 atom stereocenters. The maximum atomic E-state index is 5.49. The standard InChI is InChI=1S/C126H86N8/c1-124(2)105-36-17-10-29-89(105)92-56-53-86(72-108(92)124)131-111-39-20-13-32-95(111)99-66-79(47-59-115(99)131)82-52-64-120-102(69-82)98-35-16-23-42-114(98)134(120)123-128-121(76-25-8-7-9-26-76)127-122(129-123)77-45-43-75(44-46-77)78-27-24-28-85(65-78)130-118-62-50-83(80-48-60-116-100(67-80)96-33-14-21-40-112(96)132(116)87-54-57-93-90-30-11-18-37-106(90)125(3,4)109(93)73-87)70-103(118)104-71-84(51-63-119(104)130)81-49-61-117-101(68-81)97-34-15-22-41-113(97)133(117)88-55-58-94-91-31-12-19-38-107(91)126(5,6)110(94)74-88/h7-74H,1-6H3. The van der Waals surface area contributed by atoms with E-state index in [4.69, 9.17) is 15.0 Å². The Morgan fingerprint density at radius 3 is 0.761 bits per heavy atom. The summed E-state index contributed by atoms with van der Waals surface area (Å²) in [4.78, 5) is 16.2. The van der Waals surface area contributed by atoms with Crippen molar-refractivity contribution in [3.8, 4) is 129 Å². The highest BCUT2D eigenvalue weighted by molar-refractivity contribution is 6.17. The molecule has 0 N–H and O–H groups in total. The molecule has 3 aliphatic rings. The summed E-state index contributed by atoms with van der Waals surface area (Å²) >= 11 is 0. The SMILES string of the molecule is CC1(C)c2ccccc2-c2ccc(-n3c4ccccc4c4cc(-c5ccc6c(c5)c5cc(-c7ccc8c(c7)c7ccccc7n8-c7ccc8c(c7)C(C)(C)c7ccccc7-8)ccc5n6-c5cccc(-c6ccc(-c7nc(-c8ccccc8)nc(-n8c9ccccc9c9cc(-c%10ccc%11c(c%10)c%10ccccc%10n%11-c%10ccc%11c(c%10)C(C)(C)c%10ccccc%10-%11)ccc98)n7)cc6)c5)ccc43)cc21. The zero-order valence-corrected chi connectivity index (χ0v) is 74.8. The van der Waals surface area contributed by atoms with Crippen LogP contribution in [0.3, 0.4) is 0 Å². The van der Waals surface area contributed by atoms with Gasteiger partial charge in [-0.3, -0.25) is 4.57 Å². The summed E-state index contributed by atoms with van der Waals surface area (Å²) < 4.78 is 12.1. The Kier molecular flexibility index (Phi) is 16.0. The molecule has 3 aliphatic carbocycles. The third-order valence-corrected chi connectivity index (χ3v) is 30.4. The summed E-state index contributed by atoms with van der Waals surface area (Å²) in [5.74, 6) is 1.72. The lowest BCUT2D eigenvalue weighted by Crippen LogP contribution is -2.15. The highest BCUT2D eigenvalue weighted by Gasteiger charge is 2.39. The van der Waals surface area contributed by atoms with E-state index in [1.807, 2.05) is 18.2 Å². The normalized spacial score (nSPS) is 13.8. The number of rotatable bonds is 11. The van der Waals surface area contributed by atoms with E-state index < -0.39 is 0 Å². The van der Waals surface area contributed by atoms with Gasteiger partial charge in [-0.15, -0.1) is 0 Å². The van der Waals surface area contributed by atoms with E-state index in [9.17, 15) is 0 Å². The number of benzene rings is 19. The maximum Gasteiger partial charge on any atom is 0.238 e. The molecule has 6 heterocycles. The molecule has 134 heavy (non-hydrogen) atoms. The molecule has 0 amide bonds. The summed E-state index contributed by atoms with van der Waals surface area (Å²) in [7, 11) is 0. The Morgan fingerprint density at radius 1 is 0.157 bits per heavy atom. The van der Waals surface area contributed by atoms with Crippen molar-refractivity contribution in [1.82, 2.24) is 37.8 Å². The average Bonchev–Trinajstić information content (AvgIpc) is 1.57. The molecule has 0 saturated carbocycles. The average molecular weight is 1710 g/mol. The molecule has 0 bridgehead atoms. The van der Waals surface area contributed by atoms with E-state index >= 15 is 0 Å². The third kappa shape index (κ3) is 11.0. The number of hydrogen-bond donors (Lipinski definition) is 0. The molecule has 0 aliphatic heterocycles. The van der Waals surface area contributed by atoms with Crippen molar-refractivity contribution in [1.29, 1.82) is 0 Å². The number of hydrogen-bond acceptors (Lipinski definition) is 3. The van der Waals surface area contributed by atoms with Crippen molar-refractivity contribution in [2.75, 3.05) is 0 Å². The van der Waals surface area contributed by atoms with Crippen LogP contribution in [0.25, 0.3) is 238 Å².